The van der Waals surface area contributed by atoms with Gasteiger partial charge in [-0.05, 0) is 49.3 Å². The molecule has 0 bridgehead atoms. The second kappa shape index (κ2) is 7.23. The summed E-state index contributed by atoms with van der Waals surface area (Å²) in [6.07, 6.45) is 7.20. The van der Waals surface area contributed by atoms with Gasteiger partial charge in [0.1, 0.15) is 24.1 Å². The Kier molecular flexibility index (Phi) is 4.58. The van der Waals surface area contributed by atoms with E-state index in [0.717, 1.165) is 60.9 Å². The van der Waals surface area contributed by atoms with E-state index in [0.29, 0.717) is 0 Å². The van der Waals surface area contributed by atoms with Gasteiger partial charge in [-0.1, -0.05) is 13.8 Å². The van der Waals surface area contributed by atoms with E-state index in [2.05, 4.69) is 48.0 Å². The molecule has 0 fully saturated rings. The number of hydrogen-bond donors (Lipinski definition) is 1. The summed E-state index contributed by atoms with van der Waals surface area (Å²) in [4.78, 5) is 4.96. The second-order valence-electron chi connectivity index (χ2n) is 8.80. The average Bonchev–Trinajstić information content (AvgIpc) is 2.69. The van der Waals surface area contributed by atoms with Crippen molar-refractivity contribution in [2.75, 3.05) is 25.0 Å². The zero-order valence-electron chi connectivity index (χ0n) is 17.1. The Labute approximate surface area is 167 Å². The monoisotopic (exact) mass is 376 g/mol. The lowest BCUT2D eigenvalue weighted by Crippen LogP contribution is -2.39. The van der Waals surface area contributed by atoms with Gasteiger partial charge in [0.25, 0.3) is 0 Å². The van der Waals surface area contributed by atoms with E-state index in [1.54, 1.807) is 0 Å². The van der Waals surface area contributed by atoms with Gasteiger partial charge in [-0.3, -0.25) is 0 Å². The maximum Gasteiger partial charge on any atom is 0.207 e. The maximum absolute atomic E-state index is 6.34. The summed E-state index contributed by atoms with van der Waals surface area (Å²) >= 11 is 0. The molecule has 0 saturated carbocycles. The number of ether oxygens (including phenoxy) is 1. The molecule has 0 atom stereocenters. The first-order chi connectivity index (χ1) is 13.7. The number of nitrogens with one attached hydrogen (secondary N) is 1. The minimum atomic E-state index is 0.769. The van der Waals surface area contributed by atoms with Crippen molar-refractivity contribution in [3.63, 3.8) is 0 Å². The van der Waals surface area contributed by atoms with Crippen LogP contribution in [0.3, 0.4) is 0 Å². The Balaban J connectivity index is 1.55. The van der Waals surface area contributed by atoms with Gasteiger partial charge < -0.3 is 10.1 Å². The second-order valence-corrected chi connectivity index (χ2v) is 8.80. The van der Waals surface area contributed by atoms with Gasteiger partial charge in [0.2, 0.25) is 5.36 Å². The predicted octanol–water partition coefficient (Wildman–Crippen LogP) is 3.98. The highest BCUT2D eigenvalue weighted by molar-refractivity contribution is 5.68. The molecule has 3 heterocycles. The molecule has 5 rings (SSSR count). The summed E-state index contributed by atoms with van der Waals surface area (Å²) in [5.74, 6) is 2.55. The van der Waals surface area contributed by atoms with E-state index in [1.807, 2.05) is 0 Å². The number of hydrogen-bond acceptors (Lipinski definition) is 3. The molecular weight excluding hydrogens is 346 g/mol. The summed E-state index contributed by atoms with van der Waals surface area (Å²) in [5.41, 5.74) is 4.96. The van der Waals surface area contributed by atoms with Crippen molar-refractivity contribution >= 4 is 11.4 Å². The molecule has 28 heavy (non-hydrogen) atoms. The van der Waals surface area contributed by atoms with E-state index in [4.69, 9.17) is 9.73 Å². The molecule has 4 nitrogen and oxygen atoms in total. The van der Waals surface area contributed by atoms with Crippen LogP contribution in [0.1, 0.15) is 50.7 Å². The lowest BCUT2D eigenvalue weighted by atomic mass is 10.0. The van der Waals surface area contributed by atoms with Crippen molar-refractivity contribution in [2.24, 2.45) is 10.9 Å². The summed E-state index contributed by atoms with van der Waals surface area (Å²) in [5, 5.41) is 5.83. The topological polar surface area (TPSA) is 36.6 Å². The van der Waals surface area contributed by atoms with E-state index in [9.17, 15) is 0 Å². The zero-order chi connectivity index (χ0) is 19.1. The summed E-state index contributed by atoms with van der Waals surface area (Å²) in [7, 11) is 0. The summed E-state index contributed by atoms with van der Waals surface area (Å²) in [6.45, 7) is 7.93. The summed E-state index contributed by atoms with van der Waals surface area (Å²) in [6, 6.07) is 8.84. The van der Waals surface area contributed by atoms with E-state index >= 15 is 0 Å². The molecule has 0 aromatic heterocycles. The normalized spacial score (nSPS) is 16.9. The van der Waals surface area contributed by atoms with Crippen molar-refractivity contribution in [3.05, 3.63) is 46.1 Å². The Hall–Kier alpha value is -2.36. The van der Waals surface area contributed by atoms with Crippen LogP contribution in [0.4, 0.5) is 11.4 Å². The molecule has 3 aliphatic rings. The third-order valence-corrected chi connectivity index (χ3v) is 6.17. The largest absolute Gasteiger partial charge is 0.452 e. The van der Waals surface area contributed by atoms with Crippen LogP contribution in [0.15, 0.2) is 29.3 Å². The predicted molar refractivity (Wildman–Crippen MR) is 114 cm³/mol. The van der Waals surface area contributed by atoms with Gasteiger partial charge in [0.15, 0.2) is 11.5 Å². The van der Waals surface area contributed by atoms with E-state index < -0.39 is 0 Å². The standard InChI is InChI=1S/C24H29N3O/c1-16(2)6-4-10-27-11-5-8-18-13-21-24(15-22(18)27)28-23-14-19-17(7-3-9-25-19)12-20(23)26-21/h12-16H,3-11H2,1-2H3/p+1. The molecular formula is C24H30N3O+. The Morgan fingerprint density at radius 1 is 1.07 bits per heavy atom. The molecule has 4 heteroatoms. The molecule has 0 saturated heterocycles. The zero-order valence-corrected chi connectivity index (χ0v) is 17.1. The van der Waals surface area contributed by atoms with Crippen molar-refractivity contribution < 1.29 is 4.74 Å². The van der Waals surface area contributed by atoms with Gasteiger partial charge >= 0.3 is 0 Å². The van der Waals surface area contributed by atoms with Crippen LogP contribution in [-0.4, -0.2) is 19.6 Å². The van der Waals surface area contributed by atoms with Crippen molar-refractivity contribution in [1.29, 1.82) is 0 Å². The summed E-state index contributed by atoms with van der Waals surface area (Å²) < 4.78 is 8.89. The van der Waals surface area contributed by atoms with Crippen molar-refractivity contribution in [1.82, 2.24) is 4.58 Å². The minimum Gasteiger partial charge on any atom is -0.452 e. The lowest BCUT2D eigenvalue weighted by molar-refractivity contribution is 0.452. The number of anilines is 1. The quantitative estimate of drug-likeness (QED) is 0.700. The average molecular weight is 377 g/mol. The van der Waals surface area contributed by atoms with Crippen LogP contribution in [0.5, 0.6) is 11.5 Å². The Bertz CT molecular complexity index is 1040. The van der Waals surface area contributed by atoms with Crippen LogP contribution in [0.25, 0.3) is 0 Å². The van der Waals surface area contributed by atoms with Crippen molar-refractivity contribution in [2.45, 2.75) is 52.4 Å². The first-order valence-electron chi connectivity index (χ1n) is 10.9. The molecule has 1 N–H and O–H groups in total. The third-order valence-electron chi connectivity index (χ3n) is 6.17. The Morgan fingerprint density at radius 2 is 1.96 bits per heavy atom. The lowest BCUT2D eigenvalue weighted by Gasteiger charge is -2.22. The van der Waals surface area contributed by atoms with Gasteiger partial charge in [-0.2, -0.15) is 0 Å². The van der Waals surface area contributed by atoms with Crippen LogP contribution in [-0.2, 0) is 12.8 Å². The van der Waals surface area contributed by atoms with Gasteiger partial charge in [0.05, 0.1) is 6.07 Å². The maximum atomic E-state index is 6.34. The van der Waals surface area contributed by atoms with E-state index in [1.165, 1.54) is 47.9 Å². The highest BCUT2D eigenvalue weighted by Crippen LogP contribution is 2.39. The van der Waals surface area contributed by atoms with Gasteiger partial charge in [0, 0.05) is 36.7 Å². The fraction of sp³-hybridized carbons (Fsp3) is 0.500. The molecule has 0 radical (unpaired) electrons. The Morgan fingerprint density at radius 3 is 2.86 bits per heavy atom. The molecule has 2 aromatic carbocycles. The smallest absolute Gasteiger partial charge is 0.207 e. The molecule has 146 valence electrons. The van der Waals surface area contributed by atoms with E-state index in [-0.39, 0.29) is 0 Å². The molecule has 0 amide bonds. The minimum absolute atomic E-state index is 0.769. The van der Waals surface area contributed by atoms with Crippen LogP contribution in [0, 0.1) is 5.92 Å². The van der Waals surface area contributed by atoms with Gasteiger partial charge in [-0.25, -0.2) is 9.57 Å². The molecule has 2 aromatic rings. The van der Waals surface area contributed by atoms with Crippen molar-refractivity contribution in [3.8, 4) is 11.5 Å². The van der Waals surface area contributed by atoms with Gasteiger partial charge in [-0.15, -0.1) is 0 Å². The highest BCUT2D eigenvalue weighted by atomic mass is 16.5. The fourth-order valence-electron chi connectivity index (χ4n) is 4.67. The van der Waals surface area contributed by atoms with Crippen LogP contribution < -0.4 is 25.3 Å². The fourth-order valence-corrected chi connectivity index (χ4v) is 4.67. The first kappa shape index (κ1) is 17.7. The molecule has 0 aliphatic carbocycles. The molecule has 0 spiro atoms. The first-order valence-corrected chi connectivity index (χ1v) is 10.9. The number of benzene rings is 2. The number of rotatable bonds is 4. The number of fused-ring (bicyclic) bond motifs is 4. The SMILES string of the molecule is CC(C)CCC[N+]1=c2cc3c(cc2CCC1)=Nc1cc2c(cc1O3)NCCC2. The molecule has 0 unspecified atom stereocenters. The van der Waals surface area contributed by atoms with Crippen LogP contribution >= 0.6 is 0 Å². The number of nitrogens with zero attached hydrogens (tertiary/aromatic N) is 2. The van der Waals surface area contributed by atoms with Crippen LogP contribution in [0.2, 0.25) is 0 Å². The third kappa shape index (κ3) is 3.30. The molecule has 3 aliphatic heterocycles. The highest BCUT2D eigenvalue weighted by Gasteiger charge is 2.22. The number of aryl methyl sites for hydroxylation is 2.